The molecule has 5 nitrogen and oxygen atoms in total. The number of halogens is 1. The maximum atomic E-state index is 11.3. The van der Waals surface area contributed by atoms with Crippen molar-refractivity contribution in [3.8, 4) is 0 Å². The summed E-state index contributed by atoms with van der Waals surface area (Å²) in [5, 5.41) is 27.2. The average molecular weight is 273 g/mol. The van der Waals surface area contributed by atoms with Gasteiger partial charge in [0.1, 0.15) is 0 Å². The zero-order valence-corrected chi connectivity index (χ0v) is 10.2. The molecule has 1 aromatic carbocycles. The van der Waals surface area contributed by atoms with Gasteiger partial charge in [-0.25, -0.2) is 4.79 Å². The summed E-state index contributed by atoms with van der Waals surface area (Å²) < 4.78 is 0. The Hall–Kier alpha value is -1.43. The van der Waals surface area contributed by atoms with Gasteiger partial charge in [0.15, 0.2) is 11.9 Å². The van der Waals surface area contributed by atoms with E-state index in [1.165, 1.54) is 18.2 Å². The number of Topliss-reactive ketones (excluding diaryl/α,β-unsaturated/α-hetero) is 1. The maximum absolute atomic E-state index is 11.3. The van der Waals surface area contributed by atoms with Crippen molar-refractivity contribution < 1.29 is 24.9 Å². The van der Waals surface area contributed by atoms with Crippen molar-refractivity contribution in [2.24, 2.45) is 0 Å². The third-order valence-corrected chi connectivity index (χ3v) is 2.79. The number of carboxylic acid groups (broad SMARTS) is 1. The lowest BCUT2D eigenvalue weighted by Crippen LogP contribution is -2.12. The highest BCUT2D eigenvalue weighted by molar-refractivity contribution is 6.27. The van der Waals surface area contributed by atoms with E-state index in [4.69, 9.17) is 21.8 Å². The van der Waals surface area contributed by atoms with Crippen LogP contribution in [0.4, 0.5) is 0 Å². The molecule has 3 N–H and O–H groups in total. The quantitative estimate of drug-likeness (QED) is 0.661. The van der Waals surface area contributed by atoms with Gasteiger partial charge in [0.05, 0.1) is 12.5 Å². The highest BCUT2D eigenvalue weighted by Crippen LogP contribution is 2.19. The van der Waals surface area contributed by atoms with E-state index in [0.29, 0.717) is 11.1 Å². The van der Waals surface area contributed by atoms with Gasteiger partial charge in [-0.1, -0.05) is 18.2 Å². The molecule has 0 fully saturated rings. The molecule has 0 aromatic heterocycles. The molecule has 0 heterocycles. The van der Waals surface area contributed by atoms with E-state index in [2.05, 4.69) is 0 Å². The van der Waals surface area contributed by atoms with Crippen LogP contribution in [0.3, 0.4) is 0 Å². The number of carbonyl (C=O) groups excluding carboxylic acids is 1. The lowest BCUT2D eigenvalue weighted by atomic mass is 9.98. The van der Waals surface area contributed by atoms with E-state index in [1.807, 2.05) is 0 Å². The van der Waals surface area contributed by atoms with Crippen molar-refractivity contribution in [1.29, 1.82) is 0 Å². The second-order valence-electron chi connectivity index (χ2n) is 3.78. The Morgan fingerprint density at radius 3 is 2.44 bits per heavy atom. The lowest BCUT2D eigenvalue weighted by Gasteiger charge is -2.11. The SMILES string of the molecule is O=C(CCl)Cc1cc(C(O)C(=O)O)ccc1CO. The Balaban J connectivity index is 3.09. The third-order valence-electron chi connectivity index (χ3n) is 2.49. The molecule has 1 aromatic rings. The van der Waals surface area contributed by atoms with Crippen LogP contribution < -0.4 is 0 Å². The molecule has 98 valence electrons. The van der Waals surface area contributed by atoms with E-state index in [-0.39, 0.29) is 30.3 Å². The van der Waals surface area contributed by atoms with E-state index >= 15 is 0 Å². The number of hydrogen-bond donors (Lipinski definition) is 3. The second kappa shape index (κ2) is 6.49. The number of alkyl halides is 1. The predicted molar refractivity (Wildman–Crippen MR) is 64.4 cm³/mol. The van der Waals surface area contributed by atoms with E-state index < -0.39 is 12.1 Å². The van der Waals surface area contributed by atoms with Crippen molar-refractivity contribution in [2.45, 2.75) is 19.1 Å². The molecular weight excluding hydrogens is 260 g/mol. The number of benzene rings is 1. The standard InChI is InChI=1S/C12H13ClO5/c13-5-10(15)4-9-3-7(11(16)12(17)18)1-2-8(9)6-14/h1-3,11,14,16H,4-6H2,(H,17,18). The number of aliphatic hydroxyl groups excluding tert-OH is 2. The Morgan fingerprint density at radius 2 is 1.94 bits per heavy atom. The highest BCUT2D eigenvalue weighted by atomic mass is 35.5. The molecule has 6 heteroatoms. The van der Waals surface area contributed by atoms with Crippen LogP contribution in [0.5, 0.6) is 0 Å². The largest absolute Gasteiger partial charge is 0.479 e. The zero-order chi connectivity index (χ0) is 13.7. The minimum absolute atomic E-state index is 0.000424. The summed E-state index contributed by atoms with van der Waals surface area (Å²) in [5.74, 6) is -1.77. The molecule has 0 radical (unpaired) electrons. The molecule has 0 bridgehead atoms. The van der Waals surface area contributed by atoms with Gasteiger partial charge in [-0.05, 0) is 16.7 Å². The Kier molecular flexibility index (Phi) is 5.27. The average Bonchev–Trinajstić information content (AvgIpc) is 2.37. The molecule has 0 aliphatic heterocycles. The van der Waals surface area contributed by atoms with Gasteiger partial charge in [0.25, 0.3) is 0 Å². The van der Waals surface area contributed by atoms with Gasteiger partial charge in [-0.15, -0.1) is 11.6 Å². The second-order valence-corrected chi connectivity index (χ2v) is 4.04. The van der Waals surface area contributed by atoms with Crippen molar-refractivity contribution in [1.82, 2.24) is 0 Å². The maximum Gasteiger partial charge on any atom is 0.337 e. The van der Waals surface area contributed by atoms with Crippen LogP contribution in [0, 0.1) is 0 Å². The van der Waals surface area contributed by atoms with Crippen LogP contribution in [0.15, 0.2) is 18.2 Å². The summed E-state index contributed by atoms with van der Waals surface area (Å²) in [6, 6.07) is 4.28. The van der Waals surface area contributed by atoms with Crippen molar-refractivity contribution in [3.63, 3.8) is 0 Å². The molecule has 1 unspecified atom stereocenters. The molecule has 1 atom stereocenters. The molecular formula is C12H13ClO5. The topological polar surface area (TPSA) is 94.8 Å². The first-order valence-electron chi connectivity index (χ1n) is 5.20. The predicted octanol–water partition coefficient (Wildman–Crippen LogP) is 0.647. The number of carboxylic acids is 1. The summed E-state index contributed by atoms with van der Waals surface area (Å²) in [6.45, 7) is -0.269. The fourth-order valence-electron chi connectivity index (χ4n) is 1.54. The minimum Gasteiger partial charge on any atom is -0.479 e. The lowest BCUT2D eigenvalue weighted by molar-refractivity contribution is -0.146. The number of hydrogen-bond acceptors (Lipinski definition) is 4. The first-order chi connectivity index (χ1) is 8.49. The fraction of sp³-hybridized carbons (Fsp3) is 0.333. The molecule has 0 aliphatic rings. The Morgan fingerprint density at radius 1 is 1.28 bits per heavy atom. The zero-order valence-electron chi connectivity index (χ0n) is 9.47. The van der Waals surface area contributed by atoms with Crippen molar-refractivity contribution >= 4 is 23.4 Å². The van der Waals surface area contributed by atoms with Gasteiger partial charge in [0, 0.05) is 6.42 Å². The molecule has 0 amide bonds. The van der Waals surface area contributed by atoms with E-state index in [1.54, 1.807) is 0 Å². The normalized spacial score (nSPS) is 12.2. The highest BCUT2D eigenvalue weighted by Gasteiger charge is 2.17. The van der Waals surface area contributed by atoms with Crippen LogP contribution in [-0.2, 0) is 22.6 Å². The van der Waals surface area contributed by atoms with Crippen LogP contribution in [-0.4, -0.2) is 33.0 Å². The number of rotatable bonds is 6. The molecule has 0 saturated carbocycles. The first-order valence-corrected chi connectivity index (χ1v) is 5.74. The molecule has 18 heavy (non-hydrogen) atoms. The van der Waals surface area contributed by atoms with Crippen LogP contribution in [0.1, 0.15) is 22.8 Å². The summed E-state index contributed by atoms with van der Waals surface area (Å²) in [5.41, 5.74) is 1.15. The fourth-order valence-corrected chi connectivity index (χ4v) is 1.63. The smallest absolute Gasteiger partial charge is 0.337 e. The van der Waals surface area contributed by atoms with Gasteiger partial charge in [0.2, 0.25) is 0 Å². The monoisotopic (exact) mass is 272 g/mol. The van der Waals surface area contributed by atoms with Gasteiger partial charge >= 0.3 is 5.97 Å². The van der Waals surface area contributed by atoms with Crippen LogP contribution >= 0.6 is 11.6 Å². The molecule has 0 saturated heterocycles. The summed E-state index contributed by atoms with van der Waals surface area (Å²) in [7, 11) is 0. The van der Waals surface area contributed by atoms with Crippen LogP contribution in [0.2, 0.25) is 0 Å². The molecule has 1 rings (SSSR count). The summed E-state index contributed by atoms with van der Waals surface area (Å²) in [4.78, 5) is 21.9. The first kappa shape index (κ1) is 14.6. The number of carbonyl (C=O) groups is 2. The molecule has 0 spiro atoms. The van der Waals surface area contributed by atoms with Gasteiger partial charge in [-0.2, -0.15) is 0 Å². The van der Waals surface area contributed by atoms with Crippen LogP contribution in [0.25, 0.3) is 0 Å². The summed E-state index contributed by atoms with van der Waals surface area (Å²) in [6.07, 6.45) is -1.65. The Labute approximate surface area is 109 Å². The van der Waals surface area contributed by atoms with Gasteiger partial charge < -0.3 is 15.3 Å². The van der Waals surface area contributed by atoms with E-state index in [9.17, 15) is 14.7 Å². The number of aliphatic carboxylic acids is 1. The minimum atomic E-state index is -1.65. The summed E-state index contributed by atoms with van der Waals surface area (Å²) >= 11 is 5.39. The van der Waals surface area contributed by atoms with Crippen molar-refractivity contribution in [2.75, 3.05) is 5.88 Å². The number of ketones is 1. The number of aliphatic hydroxyl groups is 2. The third kappa shape index (κ3) is 3.53. The Bertz CT molecular complexity index is 458. The van der Waals surface area contributed by atoms with E-state index in [0.717, 1.165) is 0 Å². The van der Waals surface area contributed by atoms with Crippen molar-refractivity contribution in [3.05, 3.63) is 34.9 Å². The molecule has 0 aliphatic carbocycles. The van der Waals surface area contributed by atoms with Gasteiger partial charge in [-0.3, -0.25) is 4.79 Å².